The van der Waals surface area contributed by atoms with E-state index >= 15 is 0 Å². The minimum absolute atomic E-state index is 0.0984. The molecule has 1 aromatic heterocycles. The molecule has 0 saturated carbocycles. The van der Waals surface area contributed by atoms with Gasteiger partial charge in [-0.1, -0.05) is 6.07 Å². The molecule has 0 fully saturated rings. The van der Waals surface area contributed by atoms with Crippen LogP contribution in [-0.2, 0) is 6.42 Å². The predicted octanol–water partition coefficient (Wildman–Crippen LogP) is 3.25. The van der Waals surface area contributed by atoms with Crippen LogP contribution in [-0.4, -0.2) is 10.1 Å². The molecule has 0 spiro atoms. The number of aliphatic hydroxyl groups is 1. The van der Waals surface area contributed by atoms with Crippen LogP contribution in [0.2, 0.25) is 0 Å². The molecule has 0 amide bonds. The van der Waals surface area contributed by atoms with Crippen molar-refractivity contribution in [2.75, 3.05) is 0 Å². The Kier molecular flexibility index (Phi) is 3.90. The molecule has 0 aliphatic rings. The van der Waals surface area contributed by atoms with Gasteiger partial charge in [-0.2, -0.15) is 0 Å². The first-order chi connectivity index (χ1) is 8.97. The summed E-state index contributed by atoms with van der Waals surface area (Å²) in [5, 5.41) is 10.0. The Hall–Kier alpha value is -1.81. The largest absolute Gasteiger partial charge is 0.388 e. The van der Waals surface area contributed by atoms with E-state index in [1.807, 2.05) is 13.0 Å². The average molecular weight is 263 g/mol. The van der Waals surface area contributed by atoms with Gasteiger partial charge in [0.05, 0.1) is 6.10 Å². The van der Waals surface area contributed by atoms with Gasteiger partial charge in [-0.3, -0.25) is 4.98 Å². The number of hydrogen-bond donors (Lipinski definition) is 1. The summed E-state index contributed by atoms with van der Waals surface area (Å²) in [5.74, 6) is -1.34. The second-order valence-electron chi connectivity index (χ2n) is 4.67. The standard InChI is InChI=1S/C15H15F2NO/c1-9-3-4-11(18-8-9)6-15(19)12-5-10(2)13(16)7-14(12)17/h3-5,7-8,15,19H,6H2,1-2H3. The number of pyridine rings is 1. The van der Waals surface area contributed by atoms with Crippen LogP contribution in [0.3, 0.4) is 0 Å². The Labute approximate surface area is 110 Å². The summed E-state index contributed by atoms with van der Waals surface area (Å²) < 4.78 is 26.8. The third-order valence-electron chi connectivity index (χ3n) is 3.01. The summed E-state index contributed by atoms with van der Waals surface area (Å²) in [5.41, 5.74) is 2.09. The minimum Gasteiger partial charge on any atom is -0.388 e. The van der Waals surface area contributed by atoms with Crippen LogP contribution in [0.1, 0.15) is 28.5 Å². The SMILES string of the molecule is Cc1ccc(CC(O)c2cc(C)c(F)cc2F)nc1. The van der Waals surface area contributed by atoms with Gasteiger partial charge in [-0.05, 0) is 37.1 Å². The van der Waals surface area contributed by atoms with E-state index in [0.717, 1.165) is 11.6 Å². The summed E-state index contributed by atoms with van der Waals surface area (Å²) in [6.45, 7) is 3.45. The molecule has 2 aromatic rings. The van der Waals surface area contributed by atoms with Gasteiger partial charge in [-0.25, -0.2) is 8.78 Å². The average Bonchev–Trinajstić information content (AvgIpc) is 2.36. The number of aromatic nitrogens is 1. The summed E-state index contributed by atoms with van der Waals surface area (Å²) in [6.07, 6.45) is 0.853. The Morgan fingerprint density at radius 1 is 1.16 bits per heavy atom. The molecule has 1 aromatic carbocycles. The predicted molar refractivity (Wildman–Crippen MR) is 68.7 cm³/mol. The minimum atomic E-state index is -1.03. The van der Waals surface area contributed by atoms with Gasteiger partial charge in [0.1, 0.15) is 11.6 Å². The number of aliphatic hydroxyl groups excluding tert-OH is 1. The topological polar surface area (TPSA) is 33.1 Å². The number of hydrogen-bond acceptors (Lipinski definition) is 2. The fourth-order valence-electron chi connectivity index (χ4n) is 1.86. The molecule has 0 bridgehead atoms. The molecule has 0 radical (unpaired) electrons. The molecule has 1 heterocycles. The maximum Gasteiger partial charge on any atom is 0.131 e. The highest BCUT2D eigenvalue weighted by atomic mass is 19.1. The van der Waals surface area contributed by atoms with Gasteiger partial charge in [0.2, 0.25) is 0 Å². The van der Waals surface area contributed by atoms with E-state index in [4.69, 9.17) is 0 Å². The normalized spacial score (nSPS) is 12.5. The Morgan fingerprint density at radius 3 is 2.53 bits per heavy atom. The van der Waals surface area contributed by atoms with Gasteiger partial charge < -0.3 is 5.11 Å². The highest BCUT2D eigenvalue weighted by Gasteiger charge is 2.16. The van der Waals surface area contributed by atoms with Crippen LogP contribution in [0.5, 0.6) is 0 Å². The molecule has 4 heteroatoms. The molecule has 19 heavy (non-hydrogen) atoms. The number of aryl methyl sites for hydroxylation is 2. The van der Waals surface area contributed by atoms with E-state index in [9.17, 15) is 13.9 Å². The number of rotatable bonds is 3. The monoisotopic (exact) mass is 263 g/mol. The van der Waals surface area contributed by atoms with Crippen molar-refractivity contribution in [3.63, 3.8) is 0 Å². The lowest BCUT2D eigenvalue weighted by molar-refractivity contribution is 0.172. The zero-order chi connectivity index (χ0) is 14.0. The fourth-order valence-corrected chi connectivity index (χ4v) is 1.86. The summed E-state index contributed by atoms with van der Waals surface area (Å²) >= 11 is 0. The van der Waals surface area contributed by atoms with Gasteiger partial charge in [0, 0.05) is 29.9 Å². The smallest absolute Gasteiger partial charge is 0.131 e. The van der Waals surface area contributed by atoms with Crippen LogP contribution >= 0.6 is 0 Å². The van der Waals surface area contributed by atoms with E-state index in [2.05, 4.69) is 4.98 Å². The molecule has 1 atom stereocenters. The third kappa shape index (κ3) is 3.15. The Morgan fingerprint density at radius 2 is 1.89 bits per heavy atom. The van der Waals surface area contributed by atoms with Crippen molar-refractivity contribution < 1.29 is 13.9 Å². The third-order valence-corrected chi connectivity index (χ3v) is 3.01. The maximum absolute atomic E-state index is 13.6. The second-order valence-corrected chi connectivity index (χ2v) is 4.67. The van der Waals surface area contributed by atoms with Crippen molar-refractivity contribution in [2.45, 2.75) is 26.4 Å². The molecule has 0 saturated heterocycles. The van der Waals surface area contributed by atoms with Crippen LogP contribution < -0.4 is 0 Å². The van der Waals surface area contributed by atoms with Gasteiger partial charge >= 0.3 is 0 Å². The van der Waals surface area contributed by atoms with Crippen molar-refractivity contribution in [3.8, 4) is 0 Å². The van der Waals surface area contributed by atoms with E-state index in [-0.39, 0.29) is 12.0 Å². The van der Waals surface area contributed by atoms with Crippen LogP contribution in [0.4, 0.5) is 8.78 Å². The first-order valence-corrected chi connectivity index (χ1v) is 6.02. The molecular weight excluding hydrogens is 248 g/mol. The van der Waals surface area contributed by atoms with Crippen LogP contribution in [0.15, 0.2) is 30.5 Å². The highest BCUT2D eigenvalue weighted by Crippen LogP contribution is 2.23. The Balaban J connectivity index is 2.22. The van der Waals surface area contributed by atoms with E-state index in [1.54, 1.807) is 12.3 Å². The van der Waals surface area contributed by atoms with E-state index < -0.39 is 17.7 Å². The molecule has 2 nitrogen and oxygen atoms in total. The van der Waals surface area contributed by atoms with Gasteiger partial charge in [0.15, 0.2) is 0 Å². The molecule has 1 N–H and O–H groups in total. The quantitative estimate of drug-likeness (QED) is 0.922. The van der Waals surface area contributed by atoms with Crippen molar-refractivity contribution in [1.29, 1.82) is 0 Å². The molecule has 100 valence electrons. The Bertz CT molecular complexity index is 581. The van der Waals surface area contributed by atoms with Crippen molar-refractivity contribution >= 4 is 0 Å². The molecular formula is C15H15F2NO. The summed E-state index contributed by atoms with van der Waals surface area (Å²) in [7, 11) is 0. The zero-order valence-corrected chi connectivity index (χ0v) is 10.8. The molecule has 2 rings (SSSR count). The number of benzene rings is 1. The first kappa shape index (κ1) is 13.6. The maximum atomic E-state index is 13.6. The van der Waals surface area contributed by atoms with Crippen LogP contribution in [0.25, 0.3) is 0 Å². The fraction of sp³-hybridized carbons (Fsp3) is 0.267. The second kappa shape index (κ2) is 5.45. The highest BCUT2D eigenvalue weighted by molar-refractivity contribution is 5.28. The van der Waals surface area contributed by atoms with E-state index in [1.165, 1.54) is 13.0 Å². The molecule has 1 unspecified atom stereocenters. The van der Waals surface area contributed by atoms with Gasteiger partial charge in [-0.15, -0.1) is 0 Å². The summed E-state index contributed by atoms with van der Waals surface area (Å²) in [4.78, 5) is 4.16. The number of nitrogens with zero attached hydrogens (tertiary/aromatic N) is 1. The lowest BCUT2D eigenvalue weighted by atomic mass is 10.0. The van der Waals surface area contributed by atoms with Gasteiger partial charge in [0.25, 0.3) is 0 Å². The number of halogens is 2. The van der Waals surface area contributed by atoms with Crippen molar-refractivity contribution in [1.82, 2.24) is 4.98 Å². The lowest BCUT2D eigenvalue weighted by Gasteiger charge is -2.13. The zero-order valence-electron chi connectivity index (χ0n) is 10.8. The van der Waals surface area contributed by atoms with Crippen molar-refractivity contribution in [2.24, 2.45) is 0 Å². The van der Waals surface area contributed by atoms with Crippen molar-refractivity contribution in [3.05, 3.63) is 64.5 Å². The first-order valence-electron chi connectivity index (χ1n) is 6.02. The lowest BCUT2D eigenvalue weighted by Crippen LogP contribution is -2.07. The van der Waals surface area contributed by atoms with E-state index in [0.29, 0.717) is 11.3 Å². The summed E-state index contributed by atoms with van der Waals surface area (Å²) in [6, 6.07) is 5.80. The molecule has 0 aliphatic heterocycles. The van der Waals surface area contributed by atoms with Crippen LogP contribution in [0, 0.1) is 25.5 Å². The molecule has 0 aliphatic carbocycles.